The highest BCUT2D eigenvalue weighted by atomic mass is 79.9. The summed E-state index contributed by atoms with van der Waals surface area (Å²) in [6.07, 6.45) is 2.47. The number of anilines is 1. The molecule has 1 aliphatic rings. The molecule has 3 rings (SSSR count). The van der Waals surface area contributed by atoms with E-state index >= 15 is 0 Å². The van der Waals surface area contributed by atoms with Crippen LogP contribution in [0.4, 0.5) is 5.82 Å². The molecule has 100 valence electrons. The number of halogens is 1. The summed E-state index contributed by atoms with van der Waals surface area (Å²) in [5, 5.41) is 1.11. The molecule has 0 aliphatic carbocycles. The smallest absolute Gasteiger partial charge is 0.150 e. The number of benzene rings is 1. The number of nitrogens with zero attached hydrogens (tertiary/aromatic N) is 3. The van der Waals surface area contributed by atoms with Gasteiger partial charge in [-0.25, -0.2) is 9.97 Å². The second-order valence-corrected chi connectivity index (χ2v) is 5.85. The van der Waals surface area contributed by atoms with E-state index in [1.165, 1.54) is 12.8 Å². The first-order valence-corrected chi connectivity index (χ1v) is 7.94. The summed E-state index contributed by atoms with van der Waals surface area (Å²) in [6, 6.07) is 8.09. The van der Waals surface area contributed by atoms with Gasteiger partial charge < -0.3 is 4.90 Å². The van der Waals surface area contributed by atoms with E-state index in [0.29, 0.717) is 0 Å². The molecular formula is C15H18BrN3. The quantitative estimate of drug-likeness (QED) is 0.793. The number of aromatic nitrogens is 2. The minimum Gasteiger partial charge on any atom is -0.355 e. The third kappa shape index (κ3) is 2.59. The number of hydrogen-bond donors (Lipinski definition) is 0. The van der Waals surface area contributed by atoms with Crippen LogP contribution in [0.5, 0.6) is 0 Å². The minimum atomic E-state index is 0.810. The van der Waals surface area contributed by atoms with Gasteiger partial charge in [0, 0.05) is 18.4 Å². The molecule has 1 saturated heterocycles. The maximum absolute atomic E-state index is 4.80. The minimum absolute atomic E-state index is 0.810. The van der Waals surface area contributed by atoms with Crippen molar-refractivity contribution < 1.29 is 0 Å². The van der Waals surface area contributed by atoms with Crippen LogP contribution in [0.3, 0.4) is 0 Å². The fourth-order valence-electron chi connectivity index (χ4n) is 2.68. The SMILES string of the molecule is Cc1nc2ccccc2nc1N1CCC(CBr)CC1. The van der Waals surface area contributed by atoms with Crippen molar-refractivity contribution in [2.24, 2.45) is 5.92 Å². The number of para-hydroxylation sites is 2. The van der Waals surface area contributed by atoms with Gasteiger partial charge in [-0.3, -0.25) is 0 Å². The van der Waals surface area contributed by atoms with Crippen LogP contribution in [0.15, 0.2) is 24.3 Å². The second kappa shape index (κ2) is 5.45. The highest BCUT2D eigenvalue weighted by molar-refractivity contribution is 9.09. The van der Waals surface area contributed by atoms with Crippen molar-refractivity contribution in [3.05, 3.63) is 30.0 Å². The number of hydrogen-bond acceptors (Lipinski definition) is 3. The van der Waals surface area contributed by atoms with Crippen LogP contribution in [0.1, 0.15) is 18.5 Å². The van der Waals surface area contributed by atoms with E-state index in [9.17, 15) is 0 Å². The Kier molecular flexibility index (Phi) is 3.69. The van der Waals surface area contributed by atoms with Crippen molar-refractivity contribution in [3.63, 3.8) is 0 Å². The summed E-state index contributed by atoms with van der Waals surface area (Å²) in [6.45, 7) is 4.24. The molecule has 0 atom stereocenters. The average Bonchev–Trinajstić information content (AvgIpc) is 2.47. The Balaban J connectivity index is 1.90. The van der Waals surface area contributed by atoms with Gasteiger partial charge in [0.15, 0.2) is 5.82 Å². The molecule has 0 radical (unpaired) electrons. The van der Waals surface area contributed by atoms with Gasteiger partial charge in [0.25, 0.3) is 0 Å². The number of alkyl halides is 1. The maximum Gasteiger partial charge on any atom is 0.150 e. The first-order chi connectivity index (χ1) is 9.28. The molecule has 0 spiro atoms. The number of rotatable bonds is 2. The summed E-state index contributed by atoms with van der Waals surface area (Å²) in [5.41, 5.74) is 3.01. The Morgan fingerprint density at radius 3 is 2.42 bits per heavy atom. The van der Waals surface area contributed by atoms with Gasteiger partial charge in [0.2, 0.25) is 0 Å². The fourth-order valence-corrected chi connectivity index (χ4v) is 3.33. The molecule has 1 fully saturated rings. The third-order valence-corrected chi connectivity index (χ3v) is 4.77. The van der Waals surface area contributed by atoms with Crippen molar-refractivity contribution in [3.8, 4) is 0 Å². The molecule has 0 unspecified atom stereocenters. The van der Waals surface area contributed by atoms with Crippen LogP contribution in [-0.2, 0) is 0 Å². The van der Waals surface area contributed by atoms with Gasteiger partial charge in [-0.15, -0.1) is 0 Å². The predicted molar refractivity (Wildman–Crippen MR) is 83.0 cm³/mol. The van der Waals surface area contributed by atoms with Gasteiger partial charge in [-0.05, 0) is 37.8 Å². The average molecular weight is 320 g/mol. The highest BCUT2D eigenvalue weighted by Gasteiger charge is 2.21. The van der Waals surface area contributed by atoms with Crippen molar-refractivity contribution >= 4 is 32.8 Å². The van der Waals surface area contributed by atoms with E-state index in [-0.39, 0.29) is 0 Å². The zero-order valence-corrected chi connectivity index (χ0v) is 12.7. The Morgan fingerprint density at radius 2 is 1.79 bits per heavy atom. The van der Waals surface area contributed by atoms with Crippen LogP contribution in [-0.4, -0.2) is 28.4 Å². The number of aryl methyl sites for hydroxylation is 1. The maximum atomic E-state index is 4.80. The molecule has 1 aromatic heterocycles. The molecule has 1 aliphatic heterocycles. The van der Waals surface area contributed by atoms with Crippen molar-refractivity contribution in [2.75, 3.05) is 23.3 Å². The number of fused-ring (bicyclic) bond motifs is 1. The summed E-state index contributed by atoms with van der Waals surface area (Å²) in [7, 11) is 0. The topological polar surface area (TPSA) is 29.0 Å². The summed E-state index contributed by atoms with van der Waals surface area (Å²) >= 11 is 3.59. The van der Waals surface area contributed by atoms with Gasteiger partial charge >= 0.3 is 0 Å². The molecular weight excluding hydrogens is 302 g/mol. The van der Waals surface area contributed by atoms with Gasteiger partial charge in [-0.1, -0.05) is 28.1 Å². The van der Waals surface area contributed by atoms with E-state index < -0.39 is 0 Å². The fraction of sp³-hybridized carbons (Fsp3) is 0.467. The van der Waals surface area contributed by atoms with E-state index in [4.69, 9.17) is 4.98 Å². The first-order valence-electron chi connectivity index (χ1n) is 6.82. The van der Waals surface area contributed by atoms with Crippen LogP contribution in [0.2, 0.25) is 0 Å². The lowest BCUT2D eigenvalue weighted by Crippen LogP contribution is -2.35. The lowest BCUT2D eigenvalue weighted by Gasteiger charge is -2.32. The highest BCUT2D eigenvalue weighted by Crippen LogP contribution is 2.26. The normalized spacial score (nSPS) is 17.1. The molecule has 0 saturated carbocycles. The zero-order valence-electron chi connectivity index (χ0n) is 11.1. The molecule has 0 bridgehead atoms. The Labute approximate surface area is 122 Å². The molecule has 0 N–H and O–H groups in total. The molecule has 19 heavy (non-hydrogen) atoms. The lowest BCUT2D eigenvalue weighted by molar-refractivity contribution is 0.444. The molecule has 1 aromatic carbocycles. The van der Waals surface area contributed by atoms with E-state index in [2.05, 4.69) is 32.7 Å². The van der Waals surface area contributed by atoms with Gasteiger partial charge in [0.05, 0.1) is 16.7 Å². The van der Waals surface area contributed by atoms with E-state index in [1.807, 2.05) is 24.3 Å². The van der Waals surface area contributed by atoms with Crippen LogP contribution < -0.4 is 4.90 Å². The molecule has 4 heteroatoms. The largest absolute Gasteiger partial charge is 0.355 e. The zero-order chi connectivity index (χ0) is 13.2. The van der Waals surface area contributed by atoms with E-state index in [0.717, 1.165) is 46.9 Å². The molecule has 2 aromatic rings. The second-order valence-electron chi connectivity index (χ2n) is 5.21. The first kappa shape index (κ1) is 12.9. The Bertz CT molecular complexity index is 577. The predicted octanol–water partition coefficient (Wildman–Crippen LogP) is 3.55. The molecule has 0 amide bonds. The van der Waals surface area contributed by atoms with Crippen molar-refractivity contribution in [1.82, 2.24) is 9.97 Å². The number of piperidine rings is 1. The monoisotopic (exact) mass is 319 g/mol. The molecule has 2 heterocycles. The van der Waals surface area contributed by atoms with Crippen LogP contribution >= 0.6 is 15.9 Å². The Morgan fingerprint density at radius 1 is 1.16 bits per heavy atom. The van der Waals surface area contributed by atoms with Crippen LogP contribution in [0.25, 0.3) is 11.0 Å². The Hall–Kier alpha value is -1.16. The van der Waals surface area contributed by atoms with E-state index in [1.54, 1.807) is 0 Å². The molecule has 3 nitrogen and oxygen atoms in total. The van der Waals surface area contributed by atoms with Crippen molar-refractivity contribution in [1.29, 1.82) is 0 Å². The lowest BCUT2D eigenvalue weighted by atomic mass is 9.99. The summed E-state index contributed by atoms with van der Waals surface area (Å²) < 4.78 is 0. The van der Waals surface area contributed by atoms with Gasteiger partial charge in [-0.2, -0.15) is 0 Å². The van der Waals surface area contributed by atoms with Gasteiger partial charge in [0.1, 0.15) is 0 Å². The van der Waals surface area contributed by atoms with Crippen molar-refractivity contribution in [2.45, 2.75) is 19.8 Å². The third-order valence-electron chi connectivity index (χ3n) is 3.85. The van der Waals surface area contributed by atoms with Crippen LogP contribution in [0, 0.1) is 12.8 Å². The summed E-state index contributed by atoms with van der Waals surface area (Å²) in [4.78, 5) is 11.9. The standard InChI is InChI=1S/C15H18BrN3/c1-11-15(19-8-6-12(10-16)7-9-19)18-14-5-3-2-4-13(14)17-11/h2-5,12H,6-10H2,1H3. The summed E-state index contributed by atoms with van der Waals surface area (Å²) in [5.74, 6) is 1.87.